The highest BCUT2D eigenvalue weighted by Gasteiger charge is 2.37. The summed E-state index contributed by atoms with van der Waals surface area (Å²) in [7, 11) is 1.20. The van der Waals surface area contributed by atoms with Crippen LogP contribution in [0.5, 0.6) is 5.75 Å². The summed E-state index contributed by atoms with van der Waals surface area (Å²) in [5, 5.41) is 36.8. The van der Waals surface area contributed by atoms with Crippen LogP contribution in [0.25, 0.3) is 11.1 Å². The van der Waals surface area contributed by atoms with E-state index in [1.54, 1.807) is 6.07 Å². The lowest BCUT2D eigenvalue weighted by Gasteiger charge is -2.28. The van der Waals surface area contributed by atoms with Gasteiger partial charge in [-0.2, -0.15) is 0 Å². The molecule has 2 amide bonds. The number of methoxy groups -OCH3 is 1. The number of nitrogens with one attached hydrogen (secondary N) is 2. The first kappa shape index (κ1) is 26.8. The SMILES string of the molecule is CO[C@@H](C(=O)NC1COc2cccc(-c3ccccc3)c2NC1=O)[C@H](O)[C@@H](O)[C@H](O)/C=C/C1CCCC1. The summed E-state index contributed by atoms with van der Waals surface area (Å²) < 4.78 is 11.0. The molecule has 2 aliphatic rings. The van der Waals surface area contributed by atoms with Crippen LogP contribution in [0.15, 0.2) is 60.7 Å². The molecule has 1 fully saturated rings. The minimum atomic E-state index is -1.73. The number of carbonyl (C=O) groups excluding carboxylic acids is 2. The Balaban J connectivity index is 1.41. The molecular formula is C28H34N2O7. The number of anilines is 1. The molecule has 5 atom stereocenters. The Bertz CT molecular complexity index is 1100. The van der Waals surface area contributed by atoms with Crippen LogP contribution in [0.1, 0.15) is 25.7 Å². The van der Waals surface area contributed by atoms with Crippen molar-refractivity contribution in [3.05, 3.63) is 60.7 Å². The smallest absolute Gasteiger partial charge is 0.252 e. The summed E-state index contributed by atoms with van der Waals surface area (Å²) >= 11 is 0. The van der Waals surface area contributed by atoms with Crippen molar-refractivity contribution in [3.8, 4) is 16.9 Å². The maximum atomic E-state index is 13.0. The lowest BCUT2D eigenvalue weighted by molar-refractivity contribution is -0.150. The van der Waals surface area contributed by atoms with Gasteiger partial charge in [0.1, 0.15) is 36.7 Å². The van der Waals surface area contributed by atoms with Crippen molar-refractivity contribution < 1.29 is 34.4 Å². The van der Waals surface area contributed by atoms with Crippen LogP contribution in [-0.2, 0) is 14.3 Å². The third-order valence-electron chi connectivity index (χ3n) is 6.90. The first-order chi connectivity index (χ1) is 17.9. The fourth-order valence-electron chi connectivity index (χ4n) is 4.78. The Morgan fingerprint density at radius 1 is 1.08 bits per heavy atom. The Morgan fingerprint density at radius 2 is 1.81 bits per heavy atom. The molecule has 1 saturated carbocycles. The van der Waals surface area contributed by atoms with Gasteiger partial charge in [0.05, 0.1) is 5.69 Å². The lowest BCUT2D eigenvalue weighted by Crippen LogP contribution is -2.56. The predicted molar refractivity (Wildman–Crippen MR) is 138 cm³/mol. The molecule has 2 aromatic carbocycles. The van der Waals surface area contributed by atoms with Gasteiger partial charge in [-0.05, 0) is 30.4 Å². The number of rotatable bonds is 9. The molecule has 9 nitrogen and oxygen atoms in total. The number of allylic oxidation sites excluding steroid dienone is 1. The van der Waals surface area contributed by atoms with Gasteiger partial charge in [0, 0.05) is 12.7 Å². The first-order valence-corrected chi connectivity index (χ1v) is 12.6. The summed E-state index contributed by atoms with van der Waals surface area (Å²) in [4.78, 5) is 26.0. The standard InChI is InChI=1S/C28H34N2O7/c1-36-26(25(33)24(32)21(31)15-14-17-8-5-6-9-17)28(35)29-20-16-37-22-13-7-12-19(23(22)30-27(20)34)18-10-3-2-4-11-18/h2-4,7,10-15,17,20-21,24-26,31-33H,5-6,8-9,16H2,1H3,(H,29,35)(H,30,34)/b15-14+/t20?,21-,24+,25-,26-/m1/s1. The maximum Gasteiger partial charge on any atom is 0.252 e. The van der Waals surface area contributed by atoms with Crippen molar-refractivity contribution in [1.82, 2.24) is 5.32 Å². The molecule has 0 spiro atoms. The molecule has 1 aliphatic heterocycles. The highest BCUT2D eigenvalue weighted by atomic mass is 16.5. The Kier molecular flexibility index (Phi) is 8.94. The number of aliphatic hydroxyl groups is 3. The third-order valence-corrected chi connectivity index (χ3v) is 6.90. The molecule has 9 heteroatoms. The number of para-hydroxylation sites is 1. The molecule has 0 bridgehead atoms. The van der Waals surface area contributed by atoms with Crippen molar-refractivity contribution in [1.29, 1.82) is 0 Å². The molecule has 2 aromatic rings. The molecule has 1 aliphatic carbocycles. The monoisotopic (exact) mass is 510 g/mol. The second-order valence-corrected chi connectivity index (χ2v) is 9.46. The van der Waals surface area contributed by atoms with Crippen LogP contribution >= 0.6 is 0 Å². The summed E-state index contributed by atoms with van der Waals surface area (Å²) in [6, 6.07) is 13.8. The average molecular weight is 511 g/mol. The van der Waals surface area contributed by atoms with Gasteiger partial charge in [-0.25, -0.2) is 0 Å². The molecule has 5 N–H and O–H groups in total. The highest BCUT2D eigenvalue weighted by molar-refractivity contribution is 6.02. The van der Waals surface area contributed by atoms with Gasteiger partial charge in [-0.3, -0.25) is 9.59 Å². The number of benzene rings is 2. The molecule has 1 unspecified atom stereocenters. The van der Waals surface area contributed by atoms with E-state index in [1.165, 1.54) is 13.2 Å². The average Bonchev–Trinajstić information content (AvgIpc) is 3.38. The molecule has 1 heterocycles. The van der Waals surface area contributed by atoms with Gasteiger partial charge in [-0.1, -0.05) is 67.5 Å². The summed E-state index contributed by atoms with van der Waals surface area (Å²) in [5.41, 5.74) is 2.15. The number of ether oxygens (including phenoxy) is 2. The molecule has 0 saturated heterocycles. The van der Waals surface area contributed by atoms with E-state index in [0.717, 1.165) is 36.8 Å². The van der Waals surface area contributed by atoms with Gasteiger partial charge in [-0.15, -0.1) is 0 Å². The zero-order valence-electron chi connectivity index (χ0n) is 20.7. The number of fused-ring (bicyclic) bond motifs is 1. The van der Waals surface area contributed by atoms with Crippen molar-refractivity contribution >= 4 is 17.5 Å². The minimum absolute atomic E-state index is 0.148. The summed E-state index contributed by atoms with van der Waals surface area (Å²) in [5.74, 6) is -0.526. The summed E-state index contributed by atoms with van der Waals surface area (Å²) in [6.07, 6.45) is 1.28. The van der Waals surface area contributed by atoms with E-state index in [-0.39, 0.29) is 6.61 Å². The molecule has 37 heavy (non-hydrogen) atoms. The van der Waals surface area contributed by atoms with Crippen LogP contribution in [0, 0.1) is 5.92 Å². The van der Waals surface area contributed by atoms with E-state index in [4.69, 9.17) is 9.47 Å². The van der Waals surface area contributed by atoms with Crippen LogP contribution in [0.4, 0.5) is 5.69 Å². The van der Waals surface area contributed by atoms with Gasteiger partial charge < -0.3 is 35.4 Å². The third kappa shape index (κ3) is 6.37. The molecule has 0 aromatic heterocycles. The number of amides is 2. The van der Waals surface area contributed by atoms with Gasteiger partial charge in [0.15, 0.2) is 6.10 Å². The number of hydrogen-bond donors (Lipinski definition) is 5. The van der Waals surface area contributed by atoms with E-state index in [0.29, 0.717) is 17.4 Å². The second kappa shape index (κ2) is 12.3. The van der Waals surface area contributed by atoms with E-state index in [2.05, 4.69) is 10.6 Å². The Labute approximate surface area is 216 Å². The highest BCUT2D eigenvalue weighted by Crippen LogP contribution is 2.37. The Morgan fingerprint density at radius 3 is 2.51 bits per heavy atom. The van der Waals surface area contributed by atoms with Crippen LogP contribution in [0.2, 0.25) is 0 Å². The minimum Gasteiger partial charge on any atom is -0.489 e. The van der Waals surface area contributed by atoms with E-state index in [1.807, 2.05) is 48.5 Å². The topological polar surface area (TPSA) is 137 Å². The van der Waals surface area contributed by atoms with Crippen molar-refractivity contribution in [2.75, 3.05) is 19.0 Å². The molecular weight excluding hydrogens is 476 g/mol. The van der Waals surface area contributed by atoms with Gasteiger partial charge >= 0.3 is 0 Å². The molecule has 0 radical (unpaired) electrons. The van der Waals surface area contributed by atoms with Crippen LogP contribution in [-0.4, -0.2) is 71.3 Å². The number of hydrogen-bond acceptors (Lipinski definition) is 7. The summed E-state index contributed by atoms with van der Waals surface area (Å²) in [6.45, 7) is -0.148. The van der Waals surface area contributed by atoms with Gasteiger partial charge in [0.2, 0.25) is 0 Å². The first-order valence-electron chi connectivity index (χ1n) is 12.6. The van der Waals surface area contributed by atoms with Crippen molar-refractivity contribution in [2.45, 2.75) is 56.1 Å². The largest absolute Gasteiger partial charge is 0.489 e. The van der Waals surface area contributed by atoms with Crippen LogP contribution < -0.4 is 15.4 Å². The maximum absolute atomic E-state index is 13.0. The zero-order valence-corrected chi connectivity index (χ0v) is 20.7. The van der Waals surface area contributed by atoms with Gasteiger partial charge in [0.25, 0.3) is 11.8 Å². The fourth-order valence-corrected chi connectivity index (χ4v) is 4.78. The second-order valence-electron chi connectivity index (χ2n) is 9.46. The Hall–Kier alpha value is -3.24. The van der Waals surface area contributed by atoms with E-state index >= 15 is 0 Å². The fraction of sp³-hybridized carbons (Fsp3) is 0.429. The molecule has 4 rings (SSSR count). The van der Waals surface area contributed by atoms with Crippen LogP contribution in [0.3, 0.4) is 0 Å². The molecule has 198 valence electrons. The predicted octanol–water partition coefficient (Wildman–Crippen LogP) is 2.01. The number of carbonyl (C=O) groups is 2. The quantitative estimate of drug-likeness (QED) is 0.326. The van der Waals surface area contributed by atoms with E-state index < -0.39 is 42.3 Å². The lowest BCUT2D eigenvalue weighted by atomic mass is 9.99. The van der Waals surface area contributed by atoms with Crippen molar-refractivity contribution in [2.24, 2.45) is 5.92 Å². The number of aliphatic hydroxyl groups excluding tert-OH is 3. The zero-order chi connectivity index (χ0) is 26.4. The van der Waals surface area contributed by atoms with Crippen molar-refractivity contribution in [3.63, 3.8) is 0 Å². The normalized spacial score (nSPS) is 21.3. The van der Waals surface area contributed by atoms with E-state index in [9.17, 15) is 24.9 Å².